The average Bonchev–Trinajstić information content (AvgIpc) is 3.51. The minimum absolute atomic E-state index is 0.0171. The Morgan fingerprint density at radius 3 is 2.63 bits per heavy atom. The molecule has 3 aliphatic rings. The second-order valence-corrected chi connectivity index (χ2v) is 9.93. The summed E-state index contributed by atoms with van der Waals surface area (Å²) >= 11 is 6.18. The number of piperazine rings is 1. The summed E-state index contributed by atoms with van der Waals surface area (Å²) in [6.45, 7) is 3.79. The largest absolute Gasteiger partial charge is 0.494 e. The minimum atomic E-state index is -0.646. The van der Waals surface area contributed by atoms with Crippen molar-refractivity contribution in [3.05, 3.63) is 46.9 Å². The molecular weight excluding hydrogens is 473 g/mol. The zero-order chi connectivity index (χ0) is 24.7. The summed E-state index contributed by atoms with van der Waals surface area (Å²) in [7, 11) is 3.46. The summed E-state index contributed by atoms with van der Waals surface area (Å²) in [5.74, 6) is 0.00654. The number of hydrogen-bond donors (Lipinski definition) is 1. The van der Waals surface area contributed by atoms with Crippen molar-refractivity contribution in [2.24, 2.45) is 5.92 Å². The molecule has 3 heterocycles. The molecule has 1 aromatic heterocycles. The lowest BCUT2D eigenvalue weighted by Crippen LogP contribution is -2.46. The number of anilines is 2. The molecule has 0 unspecified atom stereocenters. The zero-order valence-electron chi connectivity index (χ0n) is 19.8. The summed E-state index contributed by atoms with van der Waals surface area (Å²) < 4.78 is 19.8. The van der Waals surface area contributed by atoms with Crippen LogP contribution in [0.25, 0.3) is 0 Å². The van der Waals surface area contributed by atoms with Crippen molar-refractivity contribution in [2.45, 2.75) is 31.3 Å². The van der Waals surface area contributed by atoms with E-state index in [-0.39, 0.29) is 40.6 Å². The number of fused-ring (bicyclic) bond motifs is 1. The Bertz CT molecular complexity index is 1120. The molecule has 2 aromatic rings. The van der Waals surface area contributed by atoms with Gasteiger partial charge in [0.15, 0.2) is 11.6 Å². The van der Waals surface area contributed by atoms with Crippen molar-refractivity contribution in [3.63, 3.8) is 0 Å². The van der Waals surface area contributed by atoms with Crippen molar-refractivity contribution < 1.29 is 18.7 Å². The molecule has 2 saturated heterocycles. The number of nitrogens with zero attached hydrogens (tertiary/aromatic N) is 4. The number of nitrogens with one attached hydrogen (secondary N) is 1. The predicted molar refractivity (Wildman–Crippen MR) is 131 cm³/mol. The first-order valence-electron chi connectivity index (χ1n) is 11.9. The normalized spacial score (nSPS) is 23.7. The van der Waals surface area contributed by atoms with Crippen LogP contribution in [-0.4, -0.2) is 79.0 Å². The van der Waals surface area contributed by atoms with E-state index in [0.717, 1.165) is 38.4 Å². The smallest absolute Gasteiger partial charge is 0.247 e. The first-order valence-corrected chi connectivity index (χ1v) is 12.3. The molecule has 5 rings (SSSR count). The SMILES string of the molecule is COc1ccc(Cl)c(CC(=O)N2[C@H](C(=O)Nc3ccc(N4CCN(C)CC4)nc3)C[C@H]3C[C@@H]32)c1F. The Kier molecular flexibility index (Phi) is 6.55. The van der Waals surface area contributed by atoms with E-state index in [1.54, 1.807) is 11.1 Å². The Morgan fingerprint density at radius 2 is 1.94 bits per heavy atom. The molecule has 0 spiro atoms. The monoisotopic (exact) mass is 501 g/mol. The van der Waals surface area contributed by atoms with E-state index in [0.29, 0.717) is 18.0 Å². The summed E-state index contributed by atoms with van der Waals surface area (Å²) in [6.07, 6.45) is 2.89. The van der Waals surface area contributed by atoms with Gasteiger partial charge < -0.3 is 24.8 Å². The fraction of sp³-hybridized carbons (Fsp3) is 0.480. The van der Waals surface area contributed by atoms with Gasteiger partial charge in [0, 0.05) is 42.8 Å². The number of ether oxygens (including phenoxy) is 1. The van der Waals surface area contributed by atoms with Crippen molar-refractivity contribution in [3.8, 4) is 5.75 Å². The Morgan fingerprint density at radius 1 is 1.17 bits per heavy atom. The van der Waals surface area contributed by atoms with Crippen LogP contribution in [0.3, 0.4) is 0 Å². The number of rotatable bonds is 6. The van der Waals surface area contributed by atoms with Gasteiger partial charge >= 0.3 is 0 Å². The van der Waals surface area contributed by atoms with Gasteiger partial charge in [0.1, 0.15) is 11.9 Å². The number of carbonyl (C=O) groups excluding carboxylic acids is 2. The van der Waals surface area contributed by atoms with Crippen LogP contribution >= 0.6 is 11.6 Å². The maximum absolute atomic E-state index is 14.7. The third-order valence-corrected chi connectivity index (χ3v) is 7.59. The molecule has 2 aliphatic heterocycles. The van der Waals surface area contributed by atoms with Crippen molar-refractivity contribution in [2.75, 3.05) is 50.6 Å². The van der Waals surface area contributed by atoms with Crippen LogP contribution in [0.15, 0.2) is 30.5 Å². The summed E-state index contributed by atoms with van der Waals surface area (Å²) in [5, 5.41) is 3.07. The number of likely N-dealkylation sites (N-methyl/N-ethyl adjacent to an activating group) is 1. The van der Waals surface area contributed by atoms with Gasteiger partial charge in [-0.3, -0.25) is 9.59 Å². The predicted octanol–water partition coefficient (Wildman–Crippen LogP) is 2.81. The molecule has 8 nitrogen and oxygen atoms in total. The fourth-order valence-corrected chi connectivity index (χ4v) is 5.31. The van der Waals surface area contributed by atoms with Crippen LogP contribution < -0.4 is 15.0 Å². The van der Waals surface area contributed by atoms with Gasteiger partial charge in [-0.2, -0.15) is 0 Å². The number of amides is 2. The second kappa shape index (κ2) is 9.62. The van der Waals surface area contributed by atoms with Crippen molar-refractivity contribution in [1.82, 2.24) is 14.8 Å². The molecule has 35 heavy (non-hydrogen) atoms. The van der Waals surface area contributed by atoms with E-state index < -0.39 is 11.9 Å². The highest BCUT2D eigenvalue weighted by atomic mass is 35.5. The number of likely N-dealkylation sites (tertiary alicyclic amines) is 1. The lowest BCUT2D eigenvalue weighted by molar-refractivity contribution is -0.137. The topological polar surface area (TPSA) is 78.0 Å². The molecule has 10 heteroatoms. The highest BCUT2D eigenvalue weighted by molar-refractivity contribution is 6.31. The van der Waals surface area contributed by atoms with E-state index in [1.807, 2.05) is 12.1 Å². The number of hydrogen-bond acceptors (Lipinski definition) is 6. The standard InChI is InChI=1S/C25H29ClFN5O3/c1-30-7-9-31(10-8-30)22-6-3-16(14-28-22)29-25(34)20-12-15-11-19(15)32(20)23(33)13-17-18(26)4-5-21(35-2)24(17)27/h3-6,14-15,19-20H,7-13H2,1-2H3,(H,29,34)/t15-,19+,20+/m1/s1. The van der Waals surface area contributed by atoms with Gasteiger partial charge in [-0.25, -0.2) is 9.37 Å². The van der Waals surface area contributed by atoms with Crippen LogP contribution in [0.2, 0.25) is 5.02 Å². The molecule has 1 N–H and O–H groups in total. The van der Waals surface area contributed by atoms with Crippen LogP contribution in [0, 0.1) is 11.7 Å². The molecular formula is C25H29ClFN5O3. The molecule has 3 fully saturated rings. The number of carbonyl (C=O) groups is 2. The molecule has 0 bridgehead atoms. The molecule has 1 aromatic carbocycles. The van der Waals surface area contributed by atoms with Crippen molar-refractivity contribution >= 4 is 34.9 Å². The number of aromatic nitrogens is 1. The summed E-state index contributed by atoms with van der Waals surface area (Å²) in [6, 6.07) is 6.10. The first kappa shape index (κ1) is 23.8. The molecule has 3 atom stereocenters. The molecule has 1 saturated carbocycles. The third-order valence-electron chi connectivity index (χ3n) is 7.24. The van der Waals surface area contributed by atoms with E-state index in [1.165, 1.54) is 19.2 Å². The number of benzene rings is 1. The maximum Gasteiger partial charge on any atom is 0.247 e. The Balaban J connectivity index is 1.25. The number of methoxy groups -OCH3 is 1. The first-order chi connectivity index (χ1) is 16.9. The van der Waals surface area contributed by atoms with Crippen LogP contribution in [0.5, 0.6) is 5.75 Å². The van der Waals surface area contributed by atoms with Gasteiger partial charge in [0.25, 0.3) is 0 Å². The third kappa shape index (κ3) is 4.79. The van der Waals surface area contributed by atoms with Gasteiger partial charge in [-0.1, -0.05) is 11.6 Å². The van der Waals surface area contributed by atoms with Gasteiger partial charge in [0.05, 0.1) is 25.4 Å². The molecule has 2 amide bonds. The number of halogens is 2. The molecule has 186 valence electrons. The number of piperidine rings is 1. The average molecular weight is 502 g/mol. The van der Waals surface area contributed by atoms with Crippen LogP contribution in [-0.2, 0) is 16.0 Å². The van der Waals surface area contributed by atoms with Gasteiger partial charge in [-0.15, -0.1) is 0 Å². The second-order valence-electron chi connectivity index (χ2n) is 9.52. The minimum Gasteiger partial charge on any atom is -0.494 e. The quantitative estimate of drug-likeness (QED) is 0.656. The zero-order valence-corrected chi connectivity index (χ0v) is 20.6. The fourth-order valence-electron chi connectivity index (χ4n) is 5.10. The van der Waals surface area contributed by atoms with E-state index in [2.05, 4.69) is 27.1 Å². The number of pyridine rings is 1. The Labute approximate surface area is 209 Å². The van der Waals surface area contributed by atoms with E-state index in [9.17, 15) is 14.0 Å². The van der Waals surface area contributed by atoms with Gasteiger partial charge in [0.2, 0.25) is 11.8 Å². The molecule has 0 radical (unpaired) electrons. The van der Waals surface area contributed by atoms with Crippen LogP contribution in [0.4, 0.5) is 15.9 Å². The lowest BCUT2D eigenvalue weighted by atomic mass is 10.1. The van der Waals surface area contributed by atoms with E-state index in [4.69, 9.17) is 16.3 Å². The summed E-state index contributed by atoms with van der Waals surface area (Å²) in [5.41, 5.74) is 0.672. The van der Waals surface area contributed by atoms with Gasteiger partial charge in [-0.05, 0) is 50.1 Å². The lowest BCUT2D eigenvalue weighted by Gasteiger charge is -2.33. The Hall–Kier alpha value is -2.91. The van der Waals surface area contributed by atoms with E-state index >= 15 is 0 Å². The maximum atomic E-state index is 14.7. The highest BCUT2D eigenvalue weighted by Crippen LogP contribution is 2.48. The van der Waals surface area contributed by atoms with Crippen molar-refractivity contribution in [1.29, 1.82) is 0 Å². The summed E-state index contributed by atoms with van der Waals surface area (Å²) in [4.78, 5) is 37.0. The molecule has 1 aliphatic carbocycles. The van der Waals surface area contributed by atoms with Crippen LogP contribution in [0.1, 0.15) is 18.4 Å². The highest BCUT2D eigenvalue weighted by Gasteiger charge is 2.56.